The number of fused-ring (bicyclic) bond motifs is 1. The van der Waals surface area contributed by atoms with Crippen LogP contribution in [0.2, 0.25) is 0 Å². The second-order valence-electron chi connectivity index (χ2n) is 8.09. The molecule has 2 aromatic carbocycles. The third-order valence-corrected chi connectivity index (χ3v) is 7.24. The normalized spacial score (nSPS) is 15.1. The van der Waals surface area contributed by atoms with Crippen molar-refractivity contribution in [1.29, 1.82) is 0 Å². The van der Waals surface area contributed by atoms with Crippen molar-refractivity contribution in [1.82, 2.24) is 4.57 Å². The molecule has 0 saturated carbocycles. The zero-order chi connectivity index (χ0) is 26.5. The fourth-order valence-corrected chi connectivity index (χ4v) is 5.60. The number of ether oxygens (including phenoxy) is 3. The number of nitrogens with zero attached hydrogens (tertiary/aromatic N) is 2. The molecule has 0 spiro atoms. The van der Waals surface area contributed by atoms with Gasteiger partial charge in [-0.05, 0) is 78.2 Å². The van der Waals surface area contributed by atoms with Crippen molar-refractivity contribution in [2.45, 2.75) is 26.8 Å². The molecule has 3 aromatic rings. The van der Waals surface area contributed by atoms with Gasteiger partial charge in [0.25, 0.3) is 5.56 Å². The molecule has 1 atom stereocenters. The van der Waals surface area contributed by atoms with Gasteiger partial charge in [0.2, 0.25) is 0 Å². The van der Waals surface area contributed by atoms with E-state index in [2.05, 4.69) is 27.5 Å². The Kier molecular flexibility index (Phi) is 8.45. The number of esters is 1. The van der Waals surface area contributed by atoms with E-state index < -0.39 is 12.0 Å². The van der Waals surface area contributed by atoms with Crippen molar-refractivity contribution in [3.8, 4) is 11.5 Å². The van der Waals surface area contributed by atoms with E-state index in [1.807, 2.05) is 55.5 Å². The zero-order valence-corrected chi connectivity index (χ0v) is 23.2. The fourth-order valence-electron chi connectivity index (χ4n) is 4.04. The summed E-state index contributed by atoms with van der Waals surface area (Å²) < 4.78 is 19.4. The van der Waals surface area contributed by atoms with Crippen molar-refractivity contribution in [2.24, 2.45) is 4.99 Å². The summed E-state index contributed by atoms with van der Waals surface area (Å²) in [5.41, 5.74) is 2.22. The minimum atomic E-state index is -0.672. The molecule has 1 aliphatic heterocycles. The maximum absolute atomic E-state index is 13.7. The topological polar surface area (TPSA) is 79.1 Å². The molecule has 0 amide bonds. The molecule has 0 N–H and O–H groups in total. The molecule has 7 nitrogen and oxygen atoms in total. The molecule has 1 unspecified atom stereocenters. The molecule has 4 rings (SSSR count). The van der Waals surface area contributed by atoms with Crippen molar-refractivity contribution in [3.05, 3.63) is 102 Å². The monoisotopic (exact) mass is 582 g/mol. The number of allylic oxidation sites excluding steroid dienone is 1. The van der Waals surface area contributed by atoms with Crippen LogP contribution in [0.4, 0.5) is 0 Å². The Bertz CT molecular complexity index is 1540. The number of aromatic nitrogens is 1. The summed E-state index contributed by atoms with van der Waals surface area (Å²) in [6.07, 6.45) is 3.49. The summed E-state index contributed by atoms with van der Waals surface area (Å²) in [7, 11) is 0. The van der Waals surface area contributed by atoms with E-state index in [4.69, 9.17) is 14.2 Å². The first kappa shape index (κ1) is 26.6. The quantitative estimate of drug-likeness (QED) is 0.274. The van der Waals surface area contributed by atoms with Crippen LogP contribution in [0.5, 0.6) is 11.5 Å². The lowest BCUT2D eigenvalue weighted by Gasteiger charge is -2.24. The zero-order valence-electron chi connectivity index (χ0n) is 20.8. The Labute approximate surface area is 227 Å². The van der Waals surface area contributed by atoms with E-state index in [9.17, 15) is 9.59 Å². The van der Waals surface area contributed by atoms with Gasteiger partial charge in [0.05, 0.1) is 39.5 Å². The molecule has 37 heavy (non-hydrogen) atoms. The van der Waals surface area contributed by atoms with Crippen LogP contribution in [-0.2, 0) is 9.53 Å². The Morgan fingerprint density at radius 1 is 1.16 bits per heavy atom. The first-order chi connectivity index (χ1) is 17.9. The number of halogens is 1. The average Bonchev–Trinajstić information content (AvgIpc) is 3.17. The molecule has 0 fully saturated rings. The minimum absolute atomic E-state index is 0.220. The average molecular weight is 584 g/mol. The molecule has 192 valence electrons. The largest absolute Gasteiger partial charge is 0.494 e. The first-order valence-electron chi connectivity index (χ1n) is 11.8. The number of carbonyl (C=O) groups excluding carboxylic acids is 1. The smallest absolute Gasteiger partial charge is 0.338 e. The number of hydrogen-bond donors (Lipinski definition) is 0. The molecule has 9 heteroatoms. The van der Waals surface area contributed by atoms with E-state index in [1.165, 1.54) is 11.3 Å². The highest BCUT2D eigenvalue weighted by molar-refractivity contribution is 9.10. The number of thiazole rings is 1. The maximum atomic E-state index is 13.7. The van der Waals surface area contributed by atoms with E-state index in [-0.39, 0.29) is 12.2 Å². The Morgan fingerprint density at radius 3 is 2.57 bits per heavy atom. The van der Waals surface area contributed by atoms with Gasteiger partial charge in [0.15, 0.2) is 4.80 Å². The van der Waals surface area contributed by atoms with E-state index >= 15 is 0 Å². The van der Waals surface area contributed by atoms with Gasteiger partial charge in [-0.3, -0.25) is 9.36 Å². The van der Waals surface area contributed by atoms with Gasteiger partial charge in [-0.25, -0.2) is 9.79 Å². The molecule has 0 bridgehead atoms. The lowest BCUT2D eigenvalue weighted by molar-refractivity contribution is -0.139. The molecular weight excluding hydrogens is 556 g/mol. The number of hydrogen-bond acceptors (Lipinski definition) is 7. The van der Waals surface area contributed by atoms with Gasteiger partial charge >= 0.3 is 5.97 Å². The van der Waals surface area contributed by atoms with Crippen molar-refractivity contribution < 1.29 is 19.0 Å². The number of rotatable bonds is 9. The first-order valence-corrected chi connectivity index (χ1v) is 13.4. The van der Waals surface area contributed by atoms with Gasteiger partial charge < -0.3 is 14.2 Å². The molecular formula is C28H27BrN2O5S. The van der Waals surface area contributed by atoms with Gasteiger partial charge in [-0.15, -0.1) is 0 Å². The van der Waals surface area contributed by atoms with E-state index in [1.54, 1.807) is 24.5 Å². The summed E-state index contributed by atoms with van der Waals surface area (Å²) in [4.78, 5) is 31.9. The van der Waals surface area contributed by atoms with Crippen LogP contribution in [0.3, 0.4) is 0 Å². The fraction of sp³-hybridized carbons (Fsp3) is 0.250. The van der Waals surface area contributed by atoms with Gasteiger partial charge in [0.1, 0.15) is 18.1 Å². The summed E-state index contributed by atoms with van der Waals surface area (Å²) in [5, 5.41) is 0. The third kappa shape index (κ3) is 5.62. The molecule has 0 aliphatic carbocycles. The predicted octanol–water partition coefficient (Wildman–Crippen LogP) is 4.52. The van der Waals surface area contributed by atoms with Crippen LogP contribution >= 0.6 is 27.3 Å². The molecule has 2 heterocycles. The van der Waals surface area contributed by atoms with Crippen LogP contribution < -0.4 is 24.4 Å². The standard InChI is InChI=1S/C28H27BrN2O5S/c1-5-14-36-22-13-8-18(15-21(22)29)16-23-26(32)31-25(19-9-11-20(12-10-19)34-6-2)24(27(33)35-7-3)17(4)30-28(31)37-23/h5,8-13,15-16,25H,1,6-7,14H2,2-4H3/b23-16-. The van der Waals surface area contributed by atoms with Crippen molar-refractivity contribution in [3.63, 3.8) is 0 Å². The second kappa shape index (κ2) is 11.7. The highest BCUT2D eigenvalue weighted by Crippen LogP contribution is 2.32. The number of carbonyl (C=O) groups is 1. The number of benzene rings is 2. The summed E-state index contributed by atoms with van der Waals surface area (Å²) in [6.45, 7) is 10.2. The Hall–Kier alpha value is -3.43. The highest BCUT2D eigenvalue weighted by Gasteiger charge is 2.33. The summed E-state index contributed by atoms with van der Waals surface area (Å²) in [5.74, 6) is 0.905. The molecule has 0 radical (unpaired) electrons. The summed E-state index contributed by atoms with van der Waals surface area (Å²) in [6, 6.07) is 12.3. The van der Waals surface area contributed by atoms with Gasteiger partial charge in [-0.1, -0.05) is 42.2 Å². The van der Waals surface area contributed by atoms with Crippen LogP contribution in [-0.4, -0.2) is 30.4 Å². The molecule has 0 saturated heterocycles. The maximum Gasteiger partial charge on any atom is 0.338 e. The third-order valence-electron chi connectivity index (χ3n) is 5.63. The minimum Gasteiger partial charge on any atom is -0.494 e. The van der Waals surface area contributed by atoms with Gasteiger partial charge in [0, 0.05) is 0 Å². The molecule has 1 aromatic heterocycles. The van der Waals surface area contributed by atoms with Crippen molar-refractivity contribution in [2.75, 3.05) is 19.8 Å². The van der Waals surface area contributed by atoms with Gasteiger partial charge in [-0.2, -0.15) is 0 Å². The van der Waals surface area contributed by atoms with Crippen LogP contribution in [0.15, 0.2) is 80.6 Å². The Morgan fingerprint density at radius 2 is 1.92 bits per heavy atom. The lowest BCUT2D eigenvalue weighted by atomic mass is 9.96. The highest BCUT2D eigenvalue weighted by atomic mass is 79.9. The molecule has 1 aliphatic rings. The van der Waals surface area contributed by atoms with E-state index in [0.717, 1.165) is 15.6 Å². The van der Waals surface area contributed by atoms with E-state index in [0.29, 0.717) is 45.3 Å². The summed E-state index contributed by atoms with van der Waals surface area (Å²) >= 11 is 4.80. The SMILES string of the molecule is C=CCOc1ccc(/C=c2\sc3n(c2=O)C(c2ccc(OCC)cc2)C(C(=O)OCC)=C(C)N=3)cc1Br. The second-order valence-corrected chi connectivity index (χ2v) is 9.96. The predicted molar refractivity (Wildman–Crippen MR) is 148 cm³/mol. The van der Waals surface area contributed by atoms with Crippen molar-refractivity contribution >= 4 is 39.3 Å². The van der Waals surface area contributed by atoms with Crippen LogP contribution in [0.25, 0.3) is 6.08 Å². The Balaban J connectivity index is 1.84. The van der Waals surface area contributed by atoms with Crippen LogP contribution in [0, 0.1) is 0 Å². The van der Waals surface area contributed by atoms with Crippen LogP contribution in [0.1, 0.15) is 37.9 Å². The lowest BCUT2D eigenvalue weighted by Crippen LogP contribution is -2.39.